The van der Waals surface area contributed by atoms with Gasteiger partial charge in [-0.2, -0.15) is 0 Å². The van der Waals surface area contributed by atoms with Crippen molar-refractivity contribution < 1.29 is 18.3 Å². The Morgan fingerprint density at radius 1 is 1.11 bits per heavy atom. The molecule has 0 bridgehead atoms. The Morgan fingerprint density at radius 3 is 2.11 bits per heavy atom. The van der Waals surface area contributed by atoms with Crippen molar-refractivity contribution in [2.75, 3.05) is 0 Å². The minimum absolute atomic E-state index is 0.0137. The predicted octanol–water partition coefficient (Wildman–Crippen LogP) is 2.25. The fraction of sp³-hybridized carbons (Fsp3) is 0.500. The summed E-state index contributed by atoms with van der Waals surface area (Å²) in [6.45, 7) is 0. The molecule has 1 spiro atoms. The molecule has 1 N–H and O–H groups in total. The van der Waals surface area contributed by atoms with Gasteiger partial charge in [-0.15, -0.1) is 0 Å². The van der Waals surface area contributed by atoms with Crippen molar-refractivity contribution in [2.45, 2.75) is 41.7 Å². The van der Waals surface area contributed by atoms with Crippen molar-refractivity contribution in [3.8, 4) is 0 Å². The van der Waals surface area contributed by atoms with Gasteiger partial charge in [-0.3, -0.25) is 4.79 Å². The van der Waals surface area contributed by atoms with Crippen LogP contribution in [0.2, 0.25) is 0 Å². The molecule has 2 aliphatic rings. The Balaban J connectivity index is 2.01. The van der Waals surface area contributed by atoms with Crippen LogP contribution in [-0.2, 0) is 14.6 Å². The number of carbonyl (C=O) groups is 1. The summed E-state index contributed by atoms with van der Waals surface area (Å²) < 4.78 is 23.6. The van der Waals surface area contributed by atoms with Crippen LogP contribution in [0.15, 0.2) is 35.2 Å². The van der Waals surface area contributed by atoms with Gasteiger partial charge in [-0.05, 0) is 43.2 Å². The molecular formula is C14H16O4S. The molecule has 102 valence electrons. The van der Waals surface area contributed by atoms with Crippen LogP contribution in [0.1, 0.15) is 32.1 Å². The molecule has 0 unspecified atom stereocenters. The molecule has 0 aliphatic heterocycles. The van der Waals surface area contributed by atoms with Crippen LogP contribution in [0.25, 0.3) is 0 Å². The molecular weight excluding hydrogens is 264 g/mol. The molecule has 2 saturated carbocycles. The van der Waals surface area contributed by atoms with E-state index in [1.165, 1.54) is 12.1 Å². The van der Waals surface area contributed by atoms with Gasteiger partial charge in [0.25, 0.3) is 0 Å². The fourth-order valence-electron chi connectivity index (χ4n) is 3.47. The van der Waals surface area contributed by atoms with E-state index in [1.807, 2.05) is 0 Å². The number of benzene rings is 1. The molecule has 1 aromatic carbocycles. The van der Waals surface area contributed by atoms with Gasteiger partial charge in [-0.25, -0.2) is 8.42 Å². The van der Waals surface area contributed by atoms with Crippen LogP contribution in [0.3, 0.4) is 0 Å². The van der Waals surface area contributed by atoms with E-state index >= 15 is 0 Å². The van der Waals surface area contributed by atoms with Gasteiger partial charge >= 0.3 is 5.97 Å². The number of hydrogen-bond donors (Lipinski definition) is 1. The smallest absolute Gasteiger partial charge is 0.325 e. The van der Waals surface area contributed by atoms with Crippen LogP contribution < -0.4 is 0 Å². The molecule has 0 atom stereocenters. The summed E-state index contributed by atoms with van der Waals surface area (Å²) in [6.07, 6.45) is 3.55. The third-order valence-electron chi connectivity index (χ3n) is 4.69. The zero-order chi connectivity index (χ0) is 13.7. The van der Waals surface area contributed by atoms with Gasteiger partial charge in [0.1, 0.15) is 0 Å². The first-order valence-corrected chi connectivity index (χ1v) is 7.93. The van der Waals surface area contributed by atoms with Crippen molar-refractivity contribution in [1.29, 1.82) is 0 Å². The van der Waals surface area contributed by atoms with E-state index in [4.69, 9.17) is 0 Å². The first kappa shape index (κ1) is 12.7. The average molecular weight is 280 g/mol. The zero-order valence-corrected chi connectivity index (χ0v) is 11.3. The number of carboxylic acid groups (broad SMARTS) is 1. The highest BCUT2D eigenvalue weighted by atomic mass is 32.2. The van der Waals surface area contributed by atoms with Crippen LogP contribution in [-0.4, -0.2) is 24.2 Å². The molecule has 0 radical (unpaired) electrons. The van der Waals surface area contributed by atoms with Crippen LogP contribution in [0.5, 0.6) is 0 Å². The van der Waals surface area contributed by atoms with Crippen LogP contribution in [0.4, 0.5) is 0 Å². The summed E-state index contributed by atoms with van der Waals surface area (Å²) in [4.78, 5) is 11.7. The normalized spacial score (nSPS) is 23.4. The number of sulfone groups is 1. The number of aliphatic carboxylic acids is 1. The third-order valence-corrected chi connectivity index (χ3v) is 7.08. The molecule has 0 amide bonds. The Bertz CT molecular complexity index is 606. The lowest BCUT2D eigenvalue weighted by Gasteiger charge is -2.58. The SMILES string of the molecule is O=C(O)C1(S(=O)(=O)c2ccccc2)CC2(CCC2)C1. The lowest BCUT2D eigenvalue weighted by atomic mass is 9.51. The van der Waals surface area contributed by atoms with E-state index < -0.39 is 20.6 Å². The van der Waals surface area contributed by atoms with Crippen molar-refractivity contribution in [3.05, 3.63) is 30.3 Å². The monoisotopic (exact) mass is 280 g/mol. The molecule has 4 nitrogen and oxygen atoms in total. The quantitative estimate of drug-likeness (QED) is 0.921. The molecule has 5 heteroatoms. The first-order valence-electron chi connectivity index (χ1n) is 6.45. The standard InChI is InChI=1S/C14H16O4S/c15-12(16)14(9-13(10-14)7-4-8-13)19(17,18)11-5-2-1-3-6-11/h1-3,5-6H,4,7-10H2,(H,15,16). The largest absolute Gasteiger partial charge is 0.480 e. The second-order valence-corrected chi connectivity index (χ2v) is 8.08. The summed E-state index contributed by atoms with van der Waals surface area (Å²) >= 11 is 0. The number of carboxylic acids is 1. The molecule has 2 aliphatic carbocycles. The second-order valence-electron chi connectivity index (χ2n) is 5.82. The third kappa shape index (κ3) is 1.57. The minimum Gasteiger partial charge on any atom is -0.480 e. The van der Waals surface area contributed by atoms with E-state index in [-0.39, 0.29) is 23.2 Å². The Labute approximate surface area is 112 Å². The Kier molecular flexibility index (Phi) is 2.55. The maximum Gasteiger partial charge on any atom is 0.325 e. The van der Waals surface area contributed by atoms with Crippen LogP contribution >= 0.6 is 0 Å². The van der Waals surface area contributed by atoms with Gasteiger partial charge in [0.15, 0.2) is 14.6 Å². The molecule has 0 saturated heterocycles. The summed E-state index contributed by atoms with van der Waals surface area (Å²) in [6, 6.07) is 7.93. The highest BCUT2D eigenvalue weighted by molar-refractivity contribution is 7.93. The highest BCUT2D eigenvalue weighted by Crippen LogP contribution is 2.63. The van der Waals surface area contributed by atoms with Gasteiger partial charge in [0.2, 0.25) is 0 Å². The zero-order valence-electron chi connectivity index (χ0n) is 10.5. The average Bonchev–Trinajstić information content (AvgIpc) is 2.26. The molecule has 19 heavy (non-hydrogen) atoms. The van der Waals surface area contributed by atoms with Crippen molar-refractivity contribution >= 4 is 15.8 Å². The van der Waals surface area contributed by atoms with Gasteiger partial charge < -0.3 is 5.11 Å². The van der Waals surface area contributed by atoms with Gasteiger partial charge in [0.05, 0.1) is 4.90 Å². The maximum atomic E-state index is 12.6. The van der Waals surface area contributed by atoms with Crippen molar-refractivity contribution in [2.24, 2.45) is 5.41 Å². The maximum absolute atomic E-state index is 12.6. The predicted molar refractivity (Wildman–Crippen MR) is 69.5 cm³/mol. The number of hydrogen-bond acceptors (Lipinski definition) is 3. The highest BCUT2D eigenvalue weighted by Gasteiger charge is 2.67. The lowest BCUT2D eigenvalue weighted by Crippen LogP contribution is -2.63. The van der Waals surface area contributed by atoms with Crippen molar-refractivity contribution in [1.82, 2.24) is 0 Å². The van der Waals surface area contributed by atoms with E-state index in [0.29, 0.717) is 0 Å². The van der Waals surface area contributed by atoms with E-state index in [0.717, 1.165) is 19.3 Å². The Hall–Kier alpha value is -1.36. The van der Waals surface area contributed by atoms with Gasteiger partial charge in [0, 0.05) is 0 Å². The van der Waals surface area contributed by atoms with E-state index in [9.17, 15) is 18.3 Å². The van der Waals surface area contributed by atoms with Crippen LogP contribution in [0, 0.1) is 5.41 Å². The lowest BCUT2D eigenvalue weighted by molar-refractivity contribution is -0.150. The fourth-order valence-corrected chi connectivity index (χ4v) is 5.66. The topological polar surface area (TPSA) is 71.4 Å². The minimum atomic E-state index is -3.81. The molecule has 0 aromatic heterocycles. The molecule has 3 rings (SSSR count). The summed E-state index contributed by atoms with van der Waals surface area (Å²) in [5.41, 5.74) is -0.0137. The van der Waals surface area contributed by atoms with Gasteiger partial charge in [-0.1, -0.05) is 24.6 Å². The van der Waals surface area contributed by atoms with E-state index in [1.54, 1.807) is 18.2 Å². The summed E-state index contributed by atoms with van der Waals surface area (Å²) in [5.74, 6) is -1.20. The van der Waals surface area contributed by atoms with Crippen molar-refractivity contribution in [3.63, 3.8) is 0 Å². The molecule has 0 heterocycles. The molecule has 1 aromatic rings. The number of rotatable bonds is 3. The first-order chi connectivity index (χ1) is 8.92. The second kappa shape index (κ2) is 3.82. The summed E-state index contributed by atoms with van der Waals surface area (Å²) in [7, 11) is -3.81. The summed E-state index contributed by atoms with van der Waals surface area (Å²) in [5, 5.41) is 9.45. The Morgan fingerprint density at radius 2 is 1.68 bits per heavy atom. The van der Waals surface area contributed by atoms with E-state index in [2.05, 4.69) is 0 Å². The molecule has 2 fully saturated rings.